The minimum Gasteiger partial charge on any atom is -0.396 e. The zero-order valence-electron chi connectivity index (χ0n) is 32.2. The van der Waals surface area contributed by atoms with Crippen LogP contribution in [-0.4, -0.2) is 61.0 Å². The van der Waals surface area contributed by atoms with Crippen molar-refractivity contribution >= 4 is 46.2 Å². The van der Waals surface area contributed by atoms with Crippen LogP contribution in [0.5, 0.6) is 0 Å². The molecule has 0 bridgehead atoms. The molecule has 3 aliphatic heterocycles. The van der Waals surface area contributed by atoms with Gasteiger partial charge >= 0.3 is 0 Å². The molecule has 1 aromatic heterocycles. The number of aliphatic hydroxyl groups excluding tert-OH is 1. The van der Waals surface area contributed by atoms with E-state index in [2.05, 4.69) is 10.3 Å². The summed E-state index contributed by atoms with van der Waals surface area (Å²) in [6.07, 6.45) is 8.12. The molecule has 0 saturated heterocycles. The van der Waals surface area contributed by atoms with Crippen LogP contribution in [0.15, 0.2) is 132 Å². The number of fused-ring (bicyclic) bond motifs is 1. The number of hydrogen-bond acceptors (Lipinski definition) is 9. The smallest absolute Gasteiger partial charge is 0.264 e. The number of aryl methyl sites for hydroxylation is 1. The summed E-state index contributed by atoms with van der Waals surface area (Å²) in [7, 11) is 0. The number of anilines is 3. The predicted octanol–water partition coefficient (Wildman–Crippen LogP) is 5.89. The number of amides is 3. The van der Waals surface area contributed by atoms with Crippen LogP contribution >= 0.6 is 0 Å². The third-order valence-corrected chi connectivity index (χ3v) is 10.8. The van der Waals surface area contributed by atoms with Crippen molar-refractivity contribution in [3.63, 3.8) is 0 Å². The Morgan fingerprint density at radius 2 is 1.41 bits per heavy atom. The van der Waals surface area contributed by atoms with Crippen LogP contribution in [0.2, 0.25) is 0 Å². The summed E-state index contributed by atoms with van der Waals surface area (Å²) in [5.74, 6) is -1.50. The SMILES string of the molecule is C[C@H](/C=C/CCn1cc(CCO)nn1)[C@@]1(O)C(=O)N(Cc2cccc(N3N=C(c4ccccc4)CCC3=O)c2)c2ccc(N3N=C(c4ccccc4)CCC3=O)cc21. The molecule has 58 heavy (non-hydrogen) atoms. The van der Waals surface area contributed by atoms with Gasteiger partial charge in [-0.3, -0.25) is 19.1 Å². The van der Waals surface area contributed by atoms with Crippen molar-refractivity contribution in [2.24, 2.45) is 16.1 Å². The fourth-order valence-corrected chi connectivity index (χ4v) is 7.70. The third-order valence-electron chi connectivity index (χ3n) is 10.8. The maximum Gasteiger partial charge on any atom is 0.264 e. The van der Waals surface area contributed by atoms with Crippen molar-refractivity contribution in [3.05, 3.63) is 149 Å². The summed E-state index contributed by atoms with van der Waals surface area (Å²) < 4.78 is 1.69. The number of aromatic nitrogens is 3. The number of benzene rings is 4. The molecule has 0 unspecified atom stereocenters. The first-order chi connectivity index (χ1) is 28.2. The van der Waals surface area contributed by atoms with E-state index in [1.165, 1.54) is 10.0 Å². The van der Waals surface area contributed by atoms with Gasteiger partial charge in [0.1, 0.15) is 0 Å². The van der Waals surface area contributed by atoms with Crippen molar-refractivity contribution in [2.75, 3.05) is 21.5 Å². The number of hydrazone groups is 2. The van der Waals surface area contributed by atoms with E-state index in [1.54, 1.807) is 40.9 Å². The fraction of sp³-hybridized carbons (Fsp3) is 0.267. The van der Waals surface area contributed by atoms with Gasteiger partial charge in [-0.05, 0) is 53.4 Å². The maximum absolute atomic E-state index is 14.7. The highest BCUT2D eigenvalue weighted by Crippen LogP contribution is 2.47. The number of nitrogens with zero attached hydrogens (tertiary/aromatic N) is 8. The van der Waals surface area contributed by atoms with Gasteiger partial charge < -0.3 is 15.1 Å². The molecule has 0 spiro atoms. The third kappa shape index (κ3) is 7.61. The lowest BCUT2D eigenvalue weighted by Gasteiger charge is -2.29. The molecule has 0 fully saturated rings. The molecule has 8 rings (SSSR count). The van der Waals surface area contributed by atoms with E-state index in [-0.39, 0.29) is 31.4 Å². The van der Waals surface area contributed by atoms with Gasteiger partial charge in [0.15, 0.2) is 5.60 Å². The average molecular weight is 777 g/mol. The highest BCUT2D eigenvalue weighted by molar-refractivity contribution is 6.11. The zero-order valence-corrected chi connectivity index (χ0v) is 32.2. The molecule has 13 heteroatoms. The topological polar surface area (TPSA) is 157 Å². The minimum atomic E-state index is -1.98. The lowest BCUT2D eigenvalue weighted by molar-refractivity contribution is -0.139. The van der Waals surface area contributed by atoms with Crippen LogP contribution in [0.3, 0.4) is 0 Å². The van der Waals surface area contributed by atoms with Crippen LogP contribution in [0.25, 0.3) is 0 Å². The Balaban J connectivity index is 1.11. The Bertz CT molecular complexity index is 2430. The highest BCUT2D eigenvalue weighted by Gasteiger charge is 2.53. The Kier molecular flexibility index (Phi) is 10.9. The lowest BCUT2D eigenvalue weighted by Crippen LogP contribution is -2.44. The monoisotopic (exact) mass is 776 g/mol. The molecule has 0 saturated carbocycles. The largest absolute Gasteiger partial charge is 0.396 e. The predicted molar refractivity (Wildman–Crippen MR) is 221 cm³/mol. The van der Waals surface area contributed by atoms with E-state index < -0.39 is 17.4 Å². The summed E-state index contributed by atoms with van der Waals surface area (Å²) in [4.78, 5) is 42.8. The Labute approximate surface area is 336 Å². The van der Waals surface area contributed by atoms with Gasteiger partial charge in [-0.2, -0.15) is 10.2 Å². The van der Waals surface area contributed by atoms with Crippen LogP contribution in [0.4, 0.5) is 17.1 Å². The molecule has 294 valence electrons. The molecule has 13 nitrogen and oxygen atoms in total. The summed E-state index contributed by atoms with van der Waals surface area (Å²) in [5, 5.41) is 42.3. The molecule has 4 aromatic carbocycles. The molecule has 3 aliphatic rings. The van der Waals surface area contributed by atoms with E-state index in [1.807, 2.05) is 97.1 Å². The molecule has 2 atom stereocenters. The zero-order chi connectivity index (χ0) is 40.2. The second kappa shape index (κ2) is 16.5. The number of carbonyl (C=O) groups excluding carboxylic acids is 3. The number of allylic oxidation sites excluding steroid dienone is 1. The fourth-order valence-electron chi connectivity index (χ4n) is 7.70. The van der Waals surface area contributed by atoms with Crippen LogP contribution in [0.1, 0.15) is 67.0 Å². The number of aliphatic hydroxyl groups is 2. The van der Waals surface area contributed by atoms with Crippen molar-refractivity contribution in [1.82, 2.24) is 15.0 Å². The first-order valence-corrected chi connectivity index (χ1v) is 19.6. The second-order valence-corrected chi connectivity index (χ2v) is 14.7. The van der Waals surface area contributed by atoms with Gasteiger partial charge in [0, 0.05) is 62.9 Å². The first-order valence-electron chi connectivity index (χ1n) is 19.6. The van der Waals surface area contributed by atoms with Crippen LogP contribution in [0, 0.1) is 5.92 Å². The summed E-state index contributed by atoms with van der Waals surface area (Å²) >= 11 is 0. The Morgan fingerprint density at radius 3 is 2.05 bits per heavy atom. The van der Waals surface area contributed by atoms with Gasteiger partial charge in [-0.25, -0.2) is 10.0 Å². The number of rotatable bonds is 13. The minimum absolute atomic E-state index is 0.0108. The van der Waals surface area contributed by atoms with E-state index in [0.29, 0.717) is 67.0 Å². The molecular weight excluding hydrogens is 733 g/mol. The number of hydrogen-bond donors (Lipinski definition) is 2. The van der Waals surface area contributed by atoms with Crippen LogP contribution < -0.4 is 14.9 Å². The van der Waals surface area contributed by atoms with Crippen molar-refractivity contribution in [3.8, 4) is 0 Å². The Hall–Kier alpha value is -6.57. The first kappa shape index (κ1) is 38.3. The van der Waals surface area contributed by atoms with E-state index in [0.717, 1.165) is 28.1 Å². The van der Waals surface area contributed by atoms with E-state index in [4.69, 9.17) is 10.2 Å². The Morgan fingerprint density at radius 1 is 0.776 bits per heavy atom. The summed E-state index contributed by atoms with van der Waals surface area (Å²) in [5.41, 5.74) is 4.82. The quantitative estimate of drug-likeness (QED) is 0.141. The molecule has 4 heterocycles. The normalized spacial score (nSPS) is 18.8. The average Bonchev–Trinajstić information content (AvgIpc) is 3.79. The molecule has 3 amide bonds. The summed E-state index contributed by atoms with van der Waals surface area (Å²) in [6.45, 7) is 2.41. The van der Waals surface area contributed by atoms with Gasteiger partial charge in [0.25, 0.3) is 5.91 Å². The van der Waals surface area contributed by atoms with Gasteiger partial charge in [-0.15, -0.1) is 5.10 Å². The molecular formula is C45H44N8O5. The molecule has 2 N–H and O–H groups in total. The van der Waals surface area contributed by atoms with E-state index in [9.17, 15) is 24.6 Å². The van der Waals surface area contributed by atoms with Gasteiger partial charge in [0.2, 0.25) is 11.8 Å². The number of carbonyl (C=O) groups is 3. The van der Waals surface area contributed by atoms with Crippen LogP contribution in [-0.2, 0) is 39.5 Å². The summed E-state index contributed by atoms with van der Waals surface area (Å²) in [6, 6.07) is 32.1. The van der Waals surface area contributed by atoms with Crippen molar-refractivity contribution in [1.29, 1.82) is 0 Å². The van der Waals surface area contributed by atoms with Crippen molar-refractivity contribution in [2.45, 2.75) is 64.1 Å². The van der Waals surface area contributed by atoms with Gasteiger partial charge in [0.05, 0.1) is 40.7 Å². The highest BCUT2D eigenvalue weighted by atomic mass is 16.3. The van der Waals surface area contributed by atoms with E-state index >= 15 is 0 Å². The maximum atomic E-state index is 14.7. The molecule has 0 aliphatic carbocycles. The van der Waals surface area contributed by atoms with Crippen molar-refractivity contribution < 1.29 is 24.6 Å². The molecule has 5 aromatic rings. The lowest BCUT2D eigenvalue weighted by atomic mass is 9.82. The second-order valence-electron chi connectivity index (χ2n) is 14.7. The van der Waals surface area contributed by atoms with Gasteiger partial charge in [-0.1, -0.05) is 97.1 Å². The standard InChI is InChI=1S/C45H44N8O5/c1-31(11-8-9-25-50-30-35(24-26-54)46-49-50)45(58)38-28-37(53-43(56)23-20-40(48-53)34-15-6-3-7-16-34)18-21-41(38)51(44(45)57)29-32-12-10-17-36(27-32)52-42(55)22-19-39(47-52)33-13-4-2-5-14-33/h2-8,10-18,21,27-28,30-31,54,58H,9,19-20,22-26,29H2,1H3/b11-8+/t31-,45+/m1/s1. The molecule has 0 radical (unpaired) electrons.